The van der Waals surface area contributed by atoms with Gasteiger partial charge in [-0.3, -0.25) is 9.48 Å². The van der Waals surface area contributed by atoms with Crippen LogP contribution in [0, 0.1) is 13.8 Å². The first-order chi connectivity index (χ1) is 11.1. The number of ether oxygens (including phenoxy) is 1. The Kier molecular flexibility index (Phi) is 5.36. The number of hydrogen-bond acceptors (Lipinski definition) is 3. The summed E-state index contributed by atoms with van der Waals surface area (Å²) in [6.07, 6.45) is 8.44. The van der Waals surface area contributed by atoms with E-state index in [1.54, 1.807) is 0 Å². The molecule has 5 nitrogen and oxygen atoms in total. The molecule has 1 aromatic heterocycles. The molecular weight excluding hydrogens is 290 g/mol. The lowest BCUT2D eigenvalue weighted by atomic mass is 9.98. The number of aryl methyl sites for hydroxylation is 2. The van der Waals surface area contributed by atoms with Crippen LogP contribution in [0.1, 0.15) is 62.4 Å². The van der Waals surface area contributed by atoms with Crippen molar-refractivity contribution in [1.82, 2.24) is 14.7 Å². The molecule has 1 aromatic rings. The van der Waals surface area contributed by atoms with Crippen molar-refractivity contribution in [3.8, 4) is 0 Å². The first kappa shape index (κ1) is 16.5. The largest absolute Gasteiger partial charge is 0.368 e. The van der Waals surface area contributed by atoms with Crippen molar-refractivity contribution in [3.63, 3.8) is 0 Å². The molecule has 0 spiro atoms. The van der Waals surface area contributed by atoms with E-state index < -0.39 is 0 Å². The Balaban J connectivity index is 1.53. The van der Waals surface area contributed by atoms with Gasteiger partial charge in [0.05, 0.1) is 17.8 Å². The molecule has 0 N–H and O–H groups in total. The predicted molar refractivity (Wildman–Crippen MR) is 89.4 cm³/mol. The molecular formula is C18H29N3O2. The van der Waals surface area contributed by atoms with Gasteiger partial charge in [-0.2, -0.15) is 5.10 Å². The summed E-state index contributed by atoms with van der Waals surface area (Å²) >= 11 is 0. The second-order valence-corrected chi connectivity index (χ2v) is 7.08. The number of piperidine rings is 1. The summed E-state index contributed by atoms with van der Waals surface area (Å²) in [5.41, 5.74) is 2.23. The first-order valence-electron chi connectivity index (χ1n) is 9.05. The number of aromatic nitrogens is 2. The van der Waals surface area contributed by atoms with Crippen LogP contribution in [0.4, 0.5) is 0 Å². The third-order valence-corrected chi connectivity index (χ3v) is 5.13. The Morgan fingerprint density at radius 1 is 1.22 bits per heavy atom. The van der Waals surface area contributed by atoms with Gasteiger partial charge in [-0.1, -0.05) is 19.3 Å². The molecule has 1 aliphatic heterocycles. The Hall–Kier alpha value is -1.36. The molecule has 5 heteroatoms. The smallest absolute Gasteiger partial charge is 0.248 e. The summed E-state index contributed by atoms with van der Waals surface area (Å²) in [7, 11) is 0. The third kappa shape index (κ3) is 4.14. The second-order valence-electron chi connectivity index (χ2n) is 7.08. The van der Waals surface area contributed by atoms with E-state index in [-0.39, 0.29) is 12.5 Å². The van der Waals surface area contributed by atoms with E-state index in [1.165, 1.54) is 25.0 Å². The maximum absolute atomic E-state index is 12.5. The number of rotatable bonds is 4. The SMILES string of the molecule is Cc1cc(C)n([C@@H]2CCCN(C(=O)COC3CCCCC3)C2)n1. The number of carbonyl (C=O) groups is 1. The molecule has 2 aliphatic rings. The van der Waals surface area contributed by atoms with E-state index in [9.17, 15) is 4.79 Å². The number of amides is 1. The molecule has 0 unspecified atom stereocenters. The third-order valence-electron chi connectivity index (χ3n) is 5.13. The molecule has 1 aliphatic carbocycles. The molecule has 0 bridgehead atoms. The van der Waals surface area contributed by atoms with Crippen molar-refractivity contribution in [2.75, 3.05) is 19.7 Å². The zero-order chi connectivity index (χ0) is 16.2. The van der Waals surface area contributed by atoms with Crippen molar-refractivity contribution in [2.45, 2.75) is 70.9 Å². The van der Waals surface area contributed by atoms with Crippen LogP contribution >= 0.6 is 0 Å². The van der Waals surface area contributed by atoms with Crippen molar-refractivity contribution in [3.05, 3.63) is 17.5 Å². The van der Waals surface area contributed by atoms with E-state index in [0.717, 1.165) is 44.5 Å². The first-order valence-corrected chi connectivity index (χ1v) is 9.05. The van der Waals surface area contributed by atoms with Crippen LogP contribution in [0.3, 0.4) is 0 Å². The minimum absolute atomic E-state index is 0.141. The van der Waals surface area contributed by atoms with Crippen molar-refractivity contribution in [1.29, 1.82) is 0 Å². The average molecular weight is 319 g/mol. The molecule has 2 heterocycles. The minimum Gasteiger partial charge on any atom is -0.368 e. The van der Waals surface area contributed by atoms with Crippen LogP contribution < -0.4 is 0 Å². The van der Waals surface area contributed by atoms with Crippen LogP contribution in [0.5, 0.6) is 0 Å². The highest BCUT2D eigenvalue weighted by Gasteiger charge is 2.26. The van der Waals surface area contributed by atoms with Crippen LogP contribution in [-0.4, -0.2) is 46.4 Å². The Morgan fingerprint density at radius 2 is 2.00 bits per heavy atom. The molecule has 2 fully saturated rings. The zero-order valence-corrected chi connectivity index (χ0v) is 14.5. The molecule has 1 saturated carbocycles. The van der Waals surface area contributed by atoms with Gasteiger partial charge in [0.25, 0.3) is 0 Å². The molecule has 23 heavy (non-hydrogen) atoms. The zero-order valence-electron chi connectivity index (χ0n) is 14.5. The fourth-order valence-electron chi connectivity index (χ4n) is 3.91. The minimum atomic E-state index is 0.141. The van der Waals surface area contributed by atoms with Gasteiger partial charge < -0.3 is 9.64 Å². The topological polar surface area (TPSA) is 47.4 Å². The lowest BCUT2D eigenvalue weighted by Crippen LogP contribution is -2.43. The summed E-state index contributed by atoms with van der Waals surface area (Å²) in [6.45, 7) is 5.96. The highest BCUT2D eigenvalue weighted by atomic mass is 16.5. The van der Waals surface area contributed by atoms with E-state index >= 15 is 0 Å². The van der Waals surface area contributed by atoms with E-state index in [0.29, 0.717) is 12.1 Å². The highest BCUT2D eigenvalue weighted by Crippen LogP contribution is 2.24. The molecule has 1 amide bonds. The van der Waals surface area contributed by atoms with Gasteiger partial charge in [0.2, 0.25) is 5.91 Å². The number of likely N-dealkylation sites (tertiary alicyclic amines) is 1. The number of carbonyl (C=O) groups excluding carboxylic acids is 1. The molecule has 0 aromatic carbocycles. The molecule has 3 rings (SSSR count). The monoisotopic (exact) mass is 319 g/mol. The summed E-state index contributed by atoms with van der Waals surface area (Å²) in [6, 6.07) is 2.41. The normalized spacial score (nSPS) is 23.2. The van der Waals surface area contributed by atoms with Gasteiger partial charge in [-0.25, -0.2) is 0 Å². The summed E-state index contributed by atoms with van der Waals surface area (Å²) < 4.78 is 7.95. The van der Waals surface area contributed by atoms with E-state index in [1.807, 2.05) is 11.8 Å². The maximum Gasteiger partial charge on any atom is 0.248 e. The van der Waals surface area contributed by atoms with Gasteiger partial charge in [0.15, 0.2) is 0 Å². The molecule has 128 valence electrons. The number of nitrogens with zero attached hydrogens (tertiary/aromatic N) is 3. The maximum atomic E-state index is 12.5. The predicted octanol–water partition coefficient (Wildman–Crippen LogP) is 3.01. The van der Waals surface area contributed by atoms with Crippen LogP contribution in [-0.2, 0) is 9.53 Å². The summed E-state index contributed by atoms with van der Waals surface area (Å²) in [5, 5.41) is 4.59. The van der Waals surface area contributed by atoms with Gasteiger partial charge in [0.1, 0.15) is 6.61 Å². The molecule has 1 atom stereocenters. The van der Waals surface area contributed by atoms with Crippen molar-refractivity contribution in [2.24, 2.45) is 0 Å². The fourth-order valence-corrected chi connectivity index (χ4v) is 3.91. The quantitative estimate of drug-likeness (QED) is 0.857. The van der Waals surface area contributed by atoms with Gasteiger partial charge in [-0.05, 0) is 45.6 Å². The number of hydrogen-bond donors (Lipinski definition) is 0. The van der Waals surface area contributed by atoms with E-state index in [4.69, 9.17) is 4.74 Å². The fraction of sp³-hybridized carbons (Fsp3) is 0.778. The van der Waals surface area contributed by atoms with Crippen molar-refractivity contribution < 1.29 is 9.53 Å². The lowest BCUT2D eigenvalue weighted by molar-refractivity contribution is -0.140. The van der Waals surface area contributed by atoms with Crippen LogP contribution in [0.25, 0.3) is 0 Å². The standard InChI is InChI=1S/C18H29N3O2/c1-14-11-15(2)21(19-14)16-7-6-10-20(12-16)18(22)13-23-17-8-4-3-5-9-17/h11,16-17H,3-10,12-13H2,1-2H3/t16-/m1/s1. The molecule has 1 saturated heterocycles. The van der Waals surface area contributed by atoms with Gasteiger partial charge in [-0.15, -0.1) is 0 Å². The lowest BCUT2D eigenvalue weighted by Gasteiger charge is -2.34. The average Bonchev–Trinajstić information content (AvgIpc) is 2.92. The Morgan fingerprint density at radius 3 is 2.70 bits per heavy atom. The summed E-state index contributed by atoms with van der Waals surface area (Å²) in [5.74, 6) is 0.141. The van der Waals surface area contributed by atoms with E-state index in [2.05, 4.69) is 22.8 Å². The second kappa shape index (κ2) is 7.47. The Labute approximate surface area is 139 Å². The van der Waals surface area contributed by atoms with Crippen molar-refractivity contribution >= 4 is 5.91 Å². The van der Waals surface area contributed by atoms with Crippen LogP contribution in [0.15, 0.2) is 6.07 Å². The van der Waals surface area contributed by atoms with Gasteiger partial charge in [0, 0.05) is 18.8 Å². The summed E-state index contributed by atoms with van der Waals surface area (Å²) in [4.78, 5) is 14.4. The molecule has 0 radical (unpaired) electrons. The van der Waals surface area contributed by atoms with Crippen LogP contribution in [0.2, 0.25) is 0 Å². The Bertz CT molecular complexity index is 534. The highest BCUT2D eigenvalue weighted by molar-refractivity contribution is 5.77. The van der Waals surface area contributed by atoms with Gasteiger partial charge >= 0.3 is 0 Å².